The Morgan fingerprint density at radius 1 is 1.25 bits per heavy atom. The Balaban J connectivity index is 3.18. The molecule has 0 bridgehead atoms. The molecular weight excluding hydrogens is 220 g/mol. The summed E-state index contributed by atoms with van der Waals surface area (Å²) in [6, 6.07) is 0. The van der Waals surface area contributed by atoms with Gasteiger partial charge in [-0.05, 0) is 13.8 Å². The van der Waals surface area contributed by atoms with Crippen LogP contribution in [-0.4, -0.2) is 56.7 Å². The fourth-order valence-corrected chi connectivity index (χ4v) is 0.948. The smallest absolute Gasteiger partial charge is 0.261 e. The predicted octanol–water partition coefficient (Wildman–Crippen LogP) is 0.644. The van der Waals surface area contributed by atoms with E-state index in [-0.39, 0.29) is 19.3 Å². The van der Waals surface area contributed by atoms with Gasteiger partial charge in [-0.1, -0.05) is 0 Å². The Kier molecular flexibility index (Phi) is 9.71. The SMILES string of the molecule is CC(C)OCC(O)CNCCOCC(F)F. The van der Waals surface area contributed by atoms with Crippen molar-refractivity contribution in [2.75, 3.05) is 32.9 Å². The number of rotatable bonds is 10. The molecule has 0 spiro atoms. The molecule has 0 heterocycles. The molecule has 0 aromatic carbocycles. The maximum absolute atomic E-state index is 11.6. The number of ether oxygens (including phenoxy) is 2. The van der Waals surface area contributed by atoms with Crippen molar-refractivity contribution in [2.24, 2.45) is 0 Å². The molecule has 0 aliphatic rings. The monoisotopic (exact) mass is 241 g/mol. The van der Waals surface area contributed by atoms with Crippen molar-refractivity contribution >= 4 is 0 Å². The number of hydrogen-bond donors (Lipinski definition) is 2. The van der Waals surface area contributed by atoms with Gasteiger partial charge in [-0.15, -0.1) is 0 Å². The van der Waals surface area contributed by atoms with Gasteiger partial charge in [-0.3, -0.25) is 0 Å². The first-order valence-corrected chi connectivity index (χ1v) is 5.38. The Morgan fingerprint density at radius 3 is 2.50 bits per heavy atom. The molecule has 6 heteroatoms. The Hall–Kier alpha value is -0.300. The van der Waals surface area contributed by atoms with E-state index in [1.807, 2.05) is 13.8 Å². The number of alkyl halides is 2. The number of aliphatic hydroxyl groups excluding tert-OH is 1. The highest BCUT2D eigenvalue weighted by Gasteiger charge is 2.05. The number of hydrogen-bond acceptors (Lipinski definition) is 4. The first-order valence-electron chi connectivity index (χ1n) is 5.38. The van der Waals surface area contributed by atoms with Crippen LogP contribution >= 0.6 is 0 Å². The molecule has 0 rings (SSSR count). The van der Waals surface area contributed by atoms with E-state index in [2.05, 4.69) is 10.1 Å². The third-order valence-electron chi connectivity index (χ3n) is 1.67. The molecule has 1 atom stereocenters. The number of halogens is 2. The van der Waals surface area contributed by atoms with Crippen molar-refractivity contribution in [3.8, 4) is 0 Å². The summed E-state index contributed by atoms with van der Waals surface area (Å²) >= 11 is 0. The normalized spacial score (nSPS) is 13.7. The van der Waals surface area contributed by atoms with Crippen LogP contribution in [0.15, 0.2) is 0 Å². The minimum absolute atomic E-state index is 0.0871. The molecule has 4 nitrogen and oxygen atoms in total. The molecule has 1 unspecified atom stereocenters. The molecule has 98 valence electrons. The third kappa shape index (κ3) is 11.8. The van der Waals surface area contributed by atoms with Crippen LogP contribution in [0.4, 0.5) is 8.78 Å². The molecule has 0 fully saturated rings. The van der Waals surface area contributed by atoms with E-state index in [0.29, 0.717) is 13.1 Å². The van der Waals surface area contributed by atoms with Crippen molar-refractivity contribution < 1.29 is 23.4 Å². The Morgan fingerprint density at radius 2 is 1.94 bits per heavy atom. The quantitative estimate of drug-likeness (QED) is 0.551. The van der Waals surface area contributed by atoms with Crippen LogP contribution in [-0.2, 0) is 9.47 Å². The van der Waals surface area contributed by atoms with Gasteiger partial charge in [0.05, 0.1) is 25.4 Å². The highest BCUT2D eigenvalue weighted by Crippen LogP contribution is 1.92. The lowest BCUT2D eigenvalue weighted by molar-refractivity contribution is 0.00268. The predicted molar refractivity (Wildman–Crippen MR) is 56.8 cm³/mol. The van der Waals surface area contributed by atoms with Gasteiger partial charge in [0.1, 0.15) is 6.61 Å². The maximum Gasteiger partial charge on any atom is 0.261 e. The summed E-state index contributed by atoms with van der Waals surface area (Å²) in [5.41, 5.74) is 0. The molecule has 0 saturated heterocycles. The van der Waals surface area contributed by atoms with Gasteiger partial charge in [0.2, 0.25) is 0 Å². The second-order valence-electron chi connectivity index (χ2n) is 3.71. The summed E-state index contributed by atoms with van der Waals surface area (Å²) in [5, 5.41) is 12.3. The molecule has 0 amide bonds. The fraction of sp³-hybridized carbons (Fsp3) is 1.00. The van der Waals surface area contributed by atoms with Gasteiger partial charge in [0.15, 0.2) is 0 Å². The van der Waals surface area contributed by atoms with Crippen molar-refractivity contribution in [2.45, 2.75) is 32.5 Å². The van der Waals surface area contributed by atoms with Crippen molar-refractivity contribution in [3.63, 3.8) is 0 Å². The lowest BCUT2D eigenvalue weighted by atomic mass is 10.3. The van der Waals surface area contributed by atoms with E-state index in [4.69, 9.17) is 4.74 Å². The minimum atomic E-state index is -2.43. The van der Waals surface area contributed by atoms with Gasteiger partial charge < -0.3 is 19.9 Å². The third-order valence-corrected chi connectivity index (χ3v) is 1.67. The van der Waals surface area contributed by atoms with Crippen LogP contribution in [0.25, 0.3) is 0 Å². The maximum atomic E-state index is 11.6. The van der Waals surface area contributed by atoms with Crippen LogP contribution in [0.5, 0.6) is 0 Å². The number of aliphatic hydroxyl groups is 1. The summed E-state index contributed by atoms with van der Waals surface area (Å²) in [7, 11) is 0. The van der Waals surface area contributed by atoms with Crippen LogP contribution < -0.4 is 5.32 Å². The second kappa shape index (κ2) is 9.89. The van der Waals surface area contributed by atoms with Crippen LogP contribution in [0.1, 0.15) is 13.8 Å². The standard InChI is InChI=1S/C10H21F2NO3/c1-8(2)16-6-9(14)5-13-3-4-15-7-10(11)12/h8-10,13-14H,3-7H2,1-2H3. The molecule has 2 N–H and O–H groups in total. The van der Waals surface area contributed by atoms with Gasteiger partial charge in [-0.2, -0.15) is 0 Å². The molecule has 0 radical (unpaired) electrons. The van der Waals surface area contributed by atoms with E-state index >= 15 is 0 Å². The highest BCUT2D eigenvalue weighted by molar-refractivity contribution is 4.58. The molecular formula is C10H21F2NO3. The van der Waals surface area contributed by atoms with Crippen molar-refractivity contribution in [1.82, 2.24) is 5.32 Å². The molecule has 0 aliphatic heterocycles. The Bertz CT molecular complexity index is 159. The van der Waals surface area contributed by atoms with E-state index < -0.39 is 19.1 Å². The van der Waals surface area contributed by atoms with Crippen LogP contribution in [0.3, 0.4) is 0 Å². The minimum Gasteiger partial charge on any atom is -0.389 e. The van der Waals surface area contributed by atoms with E-state index in [1.165, 1.54) is 0 Å². The zero-order valence-corrected chi connectivity index (χ0v) is 9.79. The first kappa shape index (κ1) is 15.7. The molecule has 0 aromatic heterocycles. The highest BCUT2D eigenvalue weighted by atomic mass is 19.3. The Labute approximate surface area is 94.9 Å². The first-order chi connectivity index (χ1) is 7.52. The molecule has 0 saturated carbocycles. The zero-order valence-electron chi connectivity index (χ0n) is 9.79. The summed E-state index contributed by atoms with van der Waals surface area (Å²) < 4.78 is 33.1. The van der Waals surface area contributed by atoms with Crippen LogP contribution in [0.2, 0.25) is 0 Å². The lowest BCUT2D eigenvalue weighted by Crippen LogP contribution is -2.33. The summed E-state index contributed by atoms with van der Waals surface area (Å²) in [6.45, 7) is 4.51. The lowest BCUT2D eigenvalue weighted by Gasteiger charge is -2.14. The van der Waals surface area contributed by atoms with Gasteiger partial charge in [-0.25, -0.2) is 8.78 Å². The topological polar surface area (TPSA) is 50.7 Å². The van der Waals surface area contributed by atoms with E-state index in [0.717, 1.165) is 0 Å². The second-order valence-corrected chi connectivity index (χ2v) is 3.71. The summed E-state index contributed by atoms with van der Waals surface area (Å²) in [6.07, 6.45) is -2.92. The van der Waals surface area contributed by atoms with Crippen LogP contribution in [0, 0.1) is 0 Å². The van der Waals surface area contributed by atoms with Gasteiger partial charge in [0.25, 0.3) is 6.43 Å². The summed E-state index contributed by atoms with van der Waals surface area (Å²) in [5.74, 6) is 0. The average Bonchev–Trinajstić information content (AvgIpc) is 2.19. The van der Waals surface area contributed by atoms with Gasteiger partial charge >= 0.3 is 0 Å². The average molecular weight is 241 g/mol. The van der Waals surface area contributed by atoms with Crippen molar-refractivity contribution in [1.29, 1.82) is 0 Å². The van der Waals surface area contributed by atoms with E-state index in [1.54, 1.807) is 0 Å². The number of nitrogens with one attached hydrogen (secondary N) is 1. The zero-order chi connectivity index (χ0) is 12.4. The fourth-order valence-electron chi connectivity index (χ4n) is 0.948. The van der Waals surface area contributed by atoms with E-state index in [9.17, 15) is 13.9 Å². The van der Waals surface area contributed by atoms with Gasteiger partial charge in [0, 0.05) is 13.1 Å². The molecule has 0 aromatic rings. The summed E-state index contributed by atoms with van der Waals surface area (Å²) in [4.78, 5) is 0. The largest absolute Gasteiger partial charge is 0.389 e. The van der Waals surface area contributed by atoms with Crippen molar-refractivity contribution in [3.05, 3.63) is 0 Å². The molecule has 0 aliphatic carbocycles. The molecule has 16 heavy (non-hydrogen) atoms.